The fourth-order valence-corrected chi connectivity index (χ4v) is 3.62. The summed E-state index contributed by atoms with van der Waals surface area (Å²) in [7, 11) is 0. The van der Waals surface area contributed by atoms with Crippen LogP contribution in [-0.4, -0.2) is 60.9 Å². The number of piperidine rings is 1. The number of carbonyl (C=O) groups excluding carboxylic acids is 1. The van der Waals surface area contributed by atoms with E-state index in [4.69, 9.17) is 4.74 Å². The van der Waals surface area contributed by atoms with E-state index in [1.807, 2.05) is 18.2 Å². The number of halogens is 2. The predicted molar refractivity (Wildman–Crippen MR) is 111 cm³/mol. The molecular formula is C22H18F2N6O2. The molecule has 0 saturated carbocycles. The van der Waals surface area contributed by atoms with Crippen LogP contribution < -0.4 is 4.74 Å². The van der Waals surface area contributed by atoms with E-state index in [-0.39, 0.29) is 24.7 Å². The molecule has 4 aromatic rings. The summed E-state index contributed by atoms with van der Waals surface area (Å²) in [5, 5.41) is 8.51. The minimum atomic E-state index is -3.10. The van der Waals surface area contributed by atoms with E-state index in [2.05, 4.69) is 20.3 Å². The molecule has 1 atom stereocenters. The van der Waals surface area contributed by atoms with Crippen molar-refractivity contribution in [2.45, 2.75) is 18.4 Å². The van der Waals surface area contributed by atoms with Gasteiger partial charge in [-0.05, 0) is 24.3 Å². The minimum Gasteiger partial charge on any atom is -0.466 e. The summed E-state index contributed by atoms with van der Waals surface area (Å²) in [4.78, 5) is 22.8. The number of nitrogens with zero attached hydrogens (tertiary/aromatic N) is 6. The van der Waals surface area contributed by atoms with Crippen LogP contribution in [0.1, 0.15) is 16.9 Å². The number of fused-ring (bicyclic) bond motifs is 1. The van der Waals surface area contributed by atoms with E-state index < -0.39 is 24.4 Å². The molecular weight excluding hydrogens is 418 g/mol. The van der Waals surface area contributed by atoms with Crippen LogP contribution in [0.2, 0.25) is 0 Å². The number of benzene rings is 1. The number of para-hydroxylation sites is 1. The summed E-state index contributed by atoms with van der Waals surface area (Å²) in [5.74, 6) is -3.46. The number of aromatic nitrogens is 5. The Morgan fingerprint density at radius 1 is 1.12 bits per heavy atom. The van der Waals surface area contributed by atoms with Gasteiger partial charge in [0, 0.05) is 30.6 Å². The van der Waals surface area contributed by atoms with Gasteiger partial charge in [0.05, 0.1) is 30.1 Å². The van der Waals surface area contributed by atoms with Gasteiger partial charge >= 0.3 is 0 Å². The topological polar surface area (TPSA) is 86.0 Å². The summed E-state index contributed by atoms with van der Waals surface area (Å²) in [6, 6.07) is 13.9. The van der Waals surface area contributed by atoms with Gasteiger partial charge in [0.1, 0.15) is 5.69 Å². The van der Waals surface area contributed by atoms with Crippen LogP contribution in [0.4, 0.5) is 8.78 Å². The molecule has 10 heteroatoms. The third kappa shape index (κ3) is 3.86. The van der Waals surface area contributed by atoms with Crippen molar-refractivity contribution in [1.29, 1.82) is 0 Å². The van der Waals surface area contributed by atoms with Crippen LogP contribution in [0.15, 0.2) is 67.1 Å². The fraction of sp³-hybridized carbons (Fsp3) is 0.227. The lowest BCUT2D eigenvalue weighted by molar-refractivity contribution is -0.131. The Morgan fingerprint density at radius 2 is 2.00 bits per heavy atom. The smallest absolute Gasteiger partial charge is 0.287 e. The van der Waals surface area contributed by atoms with Gasteiger partial charge in [0.15, 0.2) is 6.10 Å². The van der Waals surface area contributed by atoms with Gasteiger partial charge in [-0.15, -0.1) is 5.10 Å². The lowest BCUT2D eigenvalue weighted by Gasteiger charge is -2.37. The molecule has 1 aliphatic rings. The molecule has 1 unspecified atom stereocenters. The minimum absolute atomic E-state index is 0.0916. The van der Waals surface area contributed by atoms with Crippen molar-refractivity contribution in [3.8, 4) is 11.6 Å². The van der Waals surface area contributed by atoms with Gasteiger partial charge < -0.3 is 9.64 Å². The summed E-state index contributed by atoms with van der Waals surface area (Å²) in [6.45, 7) is -0.387. The zero-order valence-electron chi connectivity index (χ0n) is 16.8. The van der Waals surface area contributed by atoms with Crippen LogP contribution in [-0.2, 0) is 0 Å². The number of likely N-dealkylation sites (tertiary alicyclic amines) is 1. The van der Waals surface area contributed by atoms with Crippen molar-refractivity contribution in [3.63, 3.8) is 0 Å². The summed E-state index contributed by atoms with van der Waals surface area (Å²) in [5.41, 5.74) is 1.37. The zero-order valence-corrected chi connectivity index (χ0v) is 16.8. The quantitative estimate of drug-likeness (QED) is 0.489. The Morgan fingerprint density at radius 3 is 2.84 bits per heavy atom. The highest BCUT2D eigenvalue weighted by atomic mass is 19.3. The summed E-state index contributed by atoms with van der Waals surface area (Å²) < 4.78 is 36.3. The van der Waals surface area contributed by atoms with E-state index in [0.717, 1.165) is 5.39 Å². The number of carbonyl (C=O) groups is 1. The van der Waals surface area contributed by atoms with Gasteiger partial charge in [-0.3, -0.25) is 9.78 Å². The normalized spacial score (nSPS) is 17.9. The van der Waals surface area contributed by atoms with E-state index in [0.29, 0.717) is 11.2 Å². The molecule has 1 saturated heterocycles. The first kappa shape index (κ1) is 20.0. The Hall–Kier alpha value is -3.95. The zero-order chi connectivity index (χ0) is 22.1. The lowest BCUT2D eigenvalue weighted by atomic mass is 10.0. The number of amides is 1. The third-order valence-electron chi connectivity index (χ3n) is 5.35. The Labute approximate surface area is 181 Å². The van der Waals surface area contributed by atoms with Crippen LogP contribution >= 0.6 is 0 Å². The molecule has 0 spiro atoms. The molecule has 1 amide bonds. The van der Waals surface area contributed by atoms with Crippen LogP contribution in [0.3, 0.4) is 0 Å². The maximum absolute atomic E-state index is 14.6. The highest BCUT2D eigenvalue weighted by Crippen LogP contribution is 2.32. The Balaban J connectivity index is 1.36. The monoisotopic (exact) mass is 436 g/mol. The van der Waals surface area contributed by atoms with Gasteiger partial charge in [0.25, 0.3) is 11.8 Å². The molecule has 3 aromatic heterocycles. The van der Waals surface area contributed by atoms with E-state index >= 15 is 0 Å². The molecule has 162 valence electrons. The van der Waals surface area contributed by atoms with Crippen molar-refractivity contribution in [3.05, 3.63) is 72.8 Å². The van der Waals surface area contributed by atoms with Crippen LogP contribution in [0.25, 0.3) is 16.6 Å². The average Bonchev–Trinajstić information content (AvgIpc) is 3.35. The molecule has 5 rings (SSSR count). The second-order valence-corrected chi connectivity index (χ2v) is 7.46. The molecule has 1 aromatic carbocycles. The SMILES string of the molecule is O=C(c1cc(-n2ccnn2)ccn1)N1CCC(F)(F)C(Oc2ccc3ccccc3n2)C1. The summed E-state index contributed by atoms with van der Waals surface area (Å²) in [6.07, 6.45) is 2.57. The lowest BCUT2D eigenvalue weighted by Crippen LogP contribution is -2.55. The predicted octanol–water partition coefficient (Wildman–Crippen LogP) is 3.14. The molecule has 0 radical (unpaired) electrons. The molecule has 32 heavy (non-hydrogen) atoms. The highest BCUT2D eigenvalue weighted by Gasteiger charge is 2.47. The van der Waals surface area contributed by atoms with Crippen molar-refractivity contribution >= 4 is 16.8 Å². The maximum atomic E-state index is 14.6. The highest BCUT2D eigenvalue weighted by molar-refractivity contribution is 5.93. The molecule has 0 aliphatic carbocycles. The van der Waals surface area contributed by atoms with Crippen LogP contribution in [0, 0.1) is 0 Å². The largest absolute Gasteiger partial charge is 0.466 e. The maximum Gasteiger partial charge on any atom is 0.287 e. The second-order valence-electron chi connectivity index (χ2n) is 7.46. The number of hydrogen-bond donors (Lipinski definition) is 0. The molecule has 8 nitrogen and oxygen atoms in total. The number of pyridine rings is 2. The number of rotatable bonds is 4. The van der Waals surface area contributed by atoms with Gasteiger partial charge in [0.2, 0.25) is 5.88 Å². The standard InChI is InChI=1S/C22H18F2N6O2/c23-22(24)8-11-29(21(31)18-13-16(7-9-25-18)30-12-10-26-28-30)14-19(22)32-20-6-5-15-3-1-2-4-17(15)27-20/h1-7,9-10,12-13,19H,8,11,14H2. The molecule has 1 aliphatic heterocycles. The Kier molecular flexibility index (Phi) is 4.96. The number of alkyl halides is 2. The van der Waals surface area contributed by atoms with Gasteiger partial charge in [-0.1, -0.05) is 23.4 Å². The first-order chi connectivity index (χ1) is 15.5. The third-order valence-corrected chi connectivity index (χ3v) is 5.35. The summed E-state index contributed by atoms with van der Waals surface area (Å²) >= 11 is 0. The van der Waals surface area contributed by atoms with Gasteiger partial charge in [-0.2, -0.15) is 0 Å². The van der Waals surface area contributed by atoms with Gasteiger partial charge in [-0.25, -0.2) is 18.4 Å². The Bertz CT molecular complexity index is 1260. The molecule has 1 fully saturated rings. The average molecular weight is 436 g/mol. The van der Waals surface area contributed by atoms with E-state index in [1.54, 1.807) is 36.5 Å². The van der Waals surface area contributed by atoms with Crippen molar-refractivity contribution < 1.29 is 18.3 Å². The first-order valence-corrected chi connectivity index (χ1v) is 10.0. The van der Waals surface area contributed by atoms with E-state index in [1.165, 1.54) is 22.0 Å². The van der Waals surface area contributed by atoms with Crippen molar-refractivity contribution in [2.75, 3.05) is 13.1 Å². The molecule has 0 N–H and O–H groups in total. The van der Waals surface area contributed by atoms with Crippen molar-refractivity contribution in [2.24, 2.45) is 0 Å². The molecule has 0 bridgehead atoms. The van der Waals surface area contributed by atoms with Crippen LogP contribution in [0.5, 0.6) is 5.88 Å². The first-order valence-electron chi connectivity index (χ1n) is 10.0. The fourth-order valence-electron chi connectivity index (χ4n) is 3.62. The molecule has 4 heterocycles. The second kappa shape index (κ2) is 7.95. The number of ether oxygens (including phenoxy) is 1. The van der Waals surface area contributed by atoms with E-state index in [9.17, 15) is 13.6 Å². The number of hydrogen-bond acceptors (Lipinski definition) is 6. The van der Waals surface area contributed by atoms with Crippen molar-refractivity contribution in [1.82, 2.24) is 29.9 Å².